The van der Waals surface area contributed by atoms with Gasteiger partial charge in [0.15, 0.2) is 5.82 Å². The smallest absolute Gasteiger partial charge is 0.418 e. The summed E-state index contributed by atoms with van der Waals surface area (Å²) in [5.74, 6) is -1.17. The number of H-pyrrole nitrogens is 1. The number of hydrogen-bond donors (Lipinski definition) is 1. The first-order valence-electron chi connectivity index (χ1n) is 10.3. The van der Waals surface area contributed by atoms with Crippen LogP contribution in [0.25, 0.3) is 22.2 Å². The lowest BCUT2D eigenvalue weighted by Crippen LogP contribution is -2.31. The number of halogens is 5. The molecule has 0 spiro atoms. The minimum atomic E-state index is -4.80. The van der Waals surface area contributed by atoms with Crippen LogP contribution in [0, 0.1) is 19.7 Å². The highest BCUT2D eigenvalue weighted by atomic mass is 35.5. The van der Waals surface area contributed by atoms with Crippen molar-refractivity contribution in [2.24, 2.45) is 0 Å². The molecule has 176 valence electrons. The molecule has 0 aliphatic carbocycles. The van der Waals surface area contributed by atoms with Gasteiger partial charge in [-0.1, -0.05) is 11.6 Å². The summed E-state index contributed by atoms with van der Waals surface area (Å²) in [6, 6.07) is 2.25. The molecule has 0 unspecified atom stereocenters. The molecule has 0 radical (unpaired) electrons. The van der Waals surface area contributed by atoms with E-state index in [4.69, 9.17) is 16.3 Å². The fraction of sp³-hybridized carbons (Fsp3) is 0.409. The van der Waals surface area contributed by atoms with Crippen molar-refractivity contribution in [3.63, 3.8) is 0 Å². The maximum Gasteiger partial charge on any atom is 0.418 e. The predicted molar refractivity (Wildman–Crippen MR) is 116 cm³/mol. The Morgan fingerprint density at radius 2 is 2.00 bits per heavy atom. The molecule has 3 aromatic rings. The standard InChI is InChI=1S/C22H21ClF4N4O2/c1-10-7-11(2)28-19(16(10)22(25,26)27)15-14(23)8-13-18(17(15)24)29-21(30-20(13)32)33-9-12-5-4-6-31(12)3/h7-8,12H,4-6,9H2,1-3H3,(H,29,30,32)/t12-/m0/s1. The van der Waals surface area contributed by atoms with Gasteiger partial charge >= 0.3 is 6.18 Å². The van der Waals surface area contributed by atoms with Gasteiger partial charge in [0.25, 0.3) is 11.6 Å². The number of aryl methyl sites for hydroxylation is 2. The van der Waals surface area contributed by atoms with Gasteiger partial charge in [-0.2, -0.15) is 18.2 Å². The summed E-state index contributed by atoms with van der Waals surface area (Å²) in [6.45, 7) is 3.90. The van der Waals surface area contributed by atoms with E-state index in [2.05, 4.69) is 19.9 Å². The average Bonchev–Trinajstić information content (AvgIpc) is 3.10. The van der Waals surface area contributed by atoms with E-state index in [0.29, 0.717) is 0 Å². The molecule has 33 heavy (non-hydrogen) atoms. The van der Waals surface area contributed by atoms with Crippen molar-refractivity contribution in [2.45, 2.75) is 38.9 Å². The van der Waals surface area contributed by atoms with Gasteiger partial charge in [-0.15, -0.1) is 0 Å². The molecule has 1 aromatic carbocycles. The summed E-state index contributed by atoms with van der Waals surface area (Å²) in [5.41, 5.74) is -3.34. The number of alkyl halides is 3. The highest BCUT2D eigenvalue weighted by Crippen LogP contribution is 2.42. The summed E-state index contributed by atoms with van der Waals surface area (Å²) >= 11 is 6.18. The molecule has 1 atom stereocenters. The zero-order valence-electron chi connectivity index (χ0n) is 18.1. The number of ether oxygens (including phenoxy) is 1. The molecular formula is C22H21ClF4N4O2. The van der Waals surface area contributed by atoms with Crippen LogP contribution in [0.4, 0.5) is 17.6 Å². The third-order valence-corrected chi connectivity index (χ3v) is 6.12. The minimum absolute atomic E-state index is 0.116. The molecule has 11 heteroatoms. The molecule has 1 fully saturated rings. The maximum absolute atomic E-state index is 15.6. The van der Waals surface area contributed by atoms with Crippen LogP contribution in [-0.4, -0.2) is 46.1 Å². The van der Waals surface area contributed by atoms with Crippen LogP contribution in [0.15, 0.2) is 16.9 Å². The van der Waals surface area contributed by atoms with Crippen LogP contribution in [0.3, 0.4) is 0 Å². The molecule has 0 amide bonds. The Labute approximate surface area is 191 Å². The van der Waals surface area contributed by atoms with Crippen molar-refractivity contribution >= 4 is 22.5 Å². The maximum atomic E-state index is 15.6. The molecule has 2 aromatic heterocycles. The second-order valence-electron chi connectivity index (χ2n) is 8.20. The van der Waals surface area contributed by atoms with E-state index >= 15 is 4.39 Å². The summed E-state index contributed by atoms with van der Waals surface area (Å²) in [6.07, 6.45) is -2.89. The lowest BCUT2D eigenvalue weighted by atomic mass is 9.98. The van der Waals surface area contributed by atoms with E-state index in [1.807, 2.05) is 7.05 Å². The molecule has 0 bridgehead atoms. The van der Waals surface area contributed by atoms with Crippen molar-refractivity contribution in [1.29, 1.82) is 0 Å². The number of likely N-dealkylation sites (N-methyl/N-ethyl adjacent to an activating group) is 1. The number of likely N-dealkylation sites (tertiary alicyclic amines) is 1. The van der Waals surface area contributed by atoms with Crippen molar-refractivity contribution < 1.29 is 22.3 Å². The fourth-order valence-electron chi connectivity index (χ4n) is 4.21. The Morgan fingerprint density at radius 1 is 1.27 bits per heavy atom. The Hall–Kier alpha value is -2.72. The molecule has 1 aliphatic heterocycles. The molecule has 0 saturated carbocycles. The number of fused-ring (bicyclic) bond motifs is 1. The summed E-state index contributed by atoms with van der Waals surface area (Å²) < 4.78 is 62.7. The third kappa shape index (κ3) is 4.41. The number of rotatable bonds is 4. The van der Waals surface area contributed by atoms with Gasteiger partial charge in [0, 0.05) is 11.7 Å². The zero-order chi connectivity index (χ0) is 24.1. The van der Waals surface area contributed by atoms with E-state index in [1.165, 1.54) is 19.9 Å². The number of aromatic nitrogens is 3. The van der Waals surface area contributed by atoms with Crippen LogP contribution in [0.1, 0.15) is 29.7 Å². The number of nitrogens with zero attached hydrogens (tertiary/aromatic N) is 3. The molecule has 1 saturated heterocycles. The topological polar surface area (TPSA) is 71.1 Å². The van der Waals surface area contributed by atoms with E-state index < -0.39 is 39.9 Å². The first kappa shape index (κ1) is 23.4. The fourth-order valence-corrected chi connectivity index (χ4v) is 4.49. The van der Waals surface area contributed by atoms with Crippen LogP contribution in [0.2, 0.25) is 5.02 Å². The van der Waals surface area contributed by atoms with E-state index in [1.54, 1.807) is 0 Å². The van der Waals surface area contributed by atoms with Crippen LogP contribution >= 0.6 is 11.6 Å². The monoisotopic (exact) mass is 484 g/mol. The number of benzene rings is 1. The summed E-state index contributed by atoms with van der Waals surface area (Å²) in [7, 11) is 1.95. The lowest BCUT2D eigenvalue weighted by Gasteiger charge is -2.19. The van der Waals surface area contributed by atoms with Crippen LogP contribution < -0.4 is 10.3 Å². The van der Waals surface area contributed by atoms with Gasteiger partial charge in [0.2, 0.25) is 0 Å². The average molecular weight is 485 g/mol. The van der Waals surface area contributed by atoms with Gasteiger partial charge in [-0.05, 0) is 58.0 Å². The molecular weight excluding hydrogens is 464 g/mol. The third-order valence-electron chi connectivity index (χ3n) is 5.82. The van der Waals surface area contributed by atoms with Gasteiger partial charge in [0.1, 0.15) is 12.1 Å². The number of hydrogen-bond acceptors (Lipinski definition) is 5. The Kier molecular flexibility index (Phi) is 6.09. The second kappa shape index (κ2) is 8.57. The minimum Gasteiger partial charge on any atom is -0.463 e. The van der Waals surface area contributed by atoms with Gasteiger partial charge in [0.05, 0.1) is 27.2 Å². The summed E-state index contributed by atoms with van der Waals surface area (Å²) in [4.78, 5) is 25.1. The highest BCUT2D eigenvalue weighted by molar-refractivity contribution is 6.34. The number of aromatic amines is 1. The SMILES string of the molecule is Cc1cc(C)c(C(F)(F)F)c(-c2c(Cl)cc3c(=O)[nH]c(OC[C@@H]4CCCN4C)nc3c2F)n1. The largest absolute Gasteiger partial charge is 0.463 e. The van der Waals surface area contributed by atoms with E-state index in [0.717, 1.165) is 25.5 Å². The Bertz CT molecular complexity index is 1290. The first-order chi connectivity index (χ1) is 15.5. The van der Waals surface area contributed by atoms with Crippen molar-refractivity contribution in [3.8, 4) is 17.3 Å². The van der Waals surface area contributed by atoms with Gasteiger partial charge < -0.3 is 9.64 Å². The lowest BCUT2D eigenvalue weighted by molar-refractivity contribution is -0.137. The van der Waals surface area contributed by atoms with Crippen LogP contribution in [0.5, 0.6) is 6.01 Å². The molecule has 1 aliphatic rings. The Morgan fingerprint density at radius 3 is 2.64 bits per heavy atom. The number of pyridine rings is 1. The predicted octanol–water partition coefficient (Wildman–Crippen LogP) is 4.89. The van der Waals surface area contributed by atoms with Crippen molar-refractivity contribution in [2.75, 3.05) is 20.2 Å². The van der Waals surface area contributed by atoms with Gasteiger partial charge in [-0.3, -0.25) is 14.8 Å². The first-order valence-corrected chi connectivity index (χ1v) is 10.7. The Balaban J connectivity index is 1.87. The molecule has 3 heterocycles. The zero-order valence-corrected chi connectivity index (χ0v) is 18.9. The summed E-state index contributed by atoms with van der Waals surface area (Å²) in [5, 5.41) is -0.582. The quantitative estimate of drug-likeness (QED) is 0.534. The van der Waals surface area contributed by atoms with Crippen molar-refractivity contribution in [3.05, 3.63) is 50.1 Å². The van der Waals surface area contributed by atoms with Crippen molar-refractivity contribution in [1.82, 2.24) is 19.9 Å². The van der Waals surface area contributed by atoms with E-state index in [-0.39, 0.29) is 40.3 Å². The van der Waals surface area contributed by atoms with E-state index in [9.17, 15) is 18.0 Å². The molecule has 1 N–H and O–H groups in total. The second-order valence-corrected chi connectivity index (χ2v) is 8.61. The van der Waals surface area contributed by atoms with Crippen LogP contribution in [-0.2, 0) is 6.18 Å². The van der Waals surface area contributed by atoms with Gasteiger partial charge in [-0.25, -0.2) is 4.39 Å². The molecule has 6 nitrogen and oxygen atoms in total. The normalized spacial score (nSPS) is 17.2. The highest BCUT2D eigenvalue weighted by Gasteiger charge is 2.38. The molecule has 4 rings (SSSR count). The number of nitrogens with one attached hydrogen (secondary N) is 1.